The zero-order chi connectivity index (χ0) is 23.8. The summed E-state index contributed by atoms with van der Waals surface area (Å²) in [5.41, 5.74) is 0.171. The van der Waals surface area contributed by atoms with Crippen LogP contribution in [-0.2, 0) is 20.9 Å². The largest absolute Gasteiger partial charge is 0.497 e. The van der Waals surface area contributed by atoms with Gasteiger partial charge in [-0.25, -0.2) is 0 Å². The number of rotatable bonds is 7. The molecule has 7 heteroatoms. The Balaban J connectivity index is 1.70. The van der Waals surface area contributed by atoms with Gasteiger partial charge in [-0.15, -0.1) is 0 Å². The zero-order valence-electron chi connectivity index (χ0n) is 18.9. The van der Waals surface area contributed by atoms with Gasteiger partial charge >= 0.3 is 5.97 Å². The molecule has 2 fully saturated rings. The van der Waals surface area contributed by atoms with E-state index in [1.54, 1.807) is 27.0 Å². The number of ether oxygens (including phenoxy) is 1. The molecule has 2 aromatic rings. The average molecular weight is 449 g/mol. The Morgan fingerprint density at radius 2 is 1.79 bits per heavy atom. The van der Waals surface area contributed by atoms with Gasteiger partial charge in [0.1, 0.15) is 11.3 Å². The molecule has 0 aliphatic carbocycles. The number of carboxylic acids is 1. The van der Waals surface area contributed by atoms with Crippen molar-refractivity contribution >= 4 is 23.9 Å². The van der Waals surface area contributed by atoms with Gasteiger partial charge in [0.25, 0.3) is 0 Å². The second-order valence-corrected chi connectivity index (χ2v) is 8.88. The number of hydrogen-bond donors (Lipinski definition) is 2. The third kappa shape index (κ3) is 3.82. The van der Waals surface area contributed by atoms with E-state index in [-0.39, 0.29) is 12.5 Å². The lowest BCUT2D eigenvalue weighted by atomic mass is 9.73. The summed E-state index contributed by atoms with van der Waals surface area (Å²) in [6, 6.07) is 16.1. The van der Waals surface area contributed by atoms with E-state index in [0.717, 1.165) is 16.9 Å². The Hall–Kier alpha value is -3.45. The first kappa shape index (κ1) is 22.7. The molecule has 7 nitrogen and oxygen atoms in total. The number of imide groups is 1. The van der Waals surface area contributed by atoms with E-state index in [1.165, 1.54) is 4.90 Å². The van der Waals surface area contributed by atoms with Crippen molar-refractivity contribution in [3.05, 3.63) is 71.8 Å². The fourth-order valence-corrected chi connectivity index (χ4v) is 5.03. The maximum Gasteiger partial charge on any atom is 0.325 e. The first-order chi connectivity index (χ1) is 15.8. The lowest BCUT2D eigenvalue weighted by Gasteiger charge is -2.34. The van der Waals surface area contributed by atoms with Crippen molar-refractivity contribution in [1.29, 1.82) is 0 Å². The highest BCUT2D eigenvalue weighted by Gasteiger charge is 2.68. The highest BCUT2D eigenvalue weighted by atomic mass is 16.5. The van der Waals surface area contributed by atoms with Crippen molar-refractivity contribution in [2.75, 3.05) is 7.11 Å². The van der Waals surface area contributed by atoms with Crippen LogP contribution < -0.4 is 10.1 Å². The predicted octanol–water partition coefficient (Wildman–Crippen LogP) is 2.96. The lowest BCUT2D eigenvalue weighted by Crippen LogP contribution is -2.59. The third-order valence-electron chi connectivity index (χ3n) is 6.79. The predicted molar refractivity (Wildman–Crippen MR) is 123 cm³/mol. The van der Waals surface area contributed by atoms with E-state index in [2.05, 4.69) is 5.32 Å². The Morgan fingerprint density at radius 3 is 2.36 bits per heavy atom. The number of hydrogen-bond acceptors (Lipinski definition) is 5. The van der Waals surface area contributed by atoms with E-state index in [9.17, 15) is 19.5 Å². The summed E-state index contributed by atoms with van der Waals surface area (Å²) in [5.74, 6) is -3.33. The highest BCUT2D eigenvalue weighted by molar-refractivity contribution is 6.09. The molecule has 2 aliphatic rings. The van der Waals surface area contributed by atoms with Crippen LogP contribution >= 0.6 is 0 Å². The summed E-state index contributed by atoms with van der Waals surface area (Å²) >= 11 is 0. The minimum absolute atomic E-state index is 0.133. The second kappa shape index (κ2) is 8.83. The van der Waals surface area contributed by atoms with Gasteiger partial charge < -0.3 is 9.84 Å². The maximum absolute atomic E-state index is 13.5. The molecule has 172 valence electrons. The number of carbonyl (C=O) groups excluding carboxylic acids is 2. The monoisotopic (exact) mass is 448 g/mol. The first-order valence-corrected chi connectivity index (χ1v) is 11.0. The number of benzene rings is 2. The maximum atomic E-state index is 13.5. The number of fused-ring (bicyclic) bond motifs is 1. The van der Waals surface area contributed by atoms with E-state index >= 15 is 0 Å². The van der Waals surface area contributed by atoms with Crippen molar-refractivity contribution in [2.24, 2.45) is 17.8 Å². The Labute approximate surface area is 193 Å². The molecule has 2 N–H and O–H groups in total. The van der Waals surface area contributed by atoms with Gasteiger partial charge in [-0.2, -0.15) is 0 Å². The summed E-state index contributed by atoms with van der Waals surface area (Å²) in [4.78, 5) is 40.7. The van der Waals surface area contributed by atoms with E-state index in [1.807, 2.05) is 60.7 Å². The number of likely N-dealkylation sites (tertiary alicyclic amines) is 1. The van der Waals surface area contributed by atoms with Crippen molar-refractivity contribution in [1.82, 2.24) is 10.2 Å². The SMILES string of the molecule is COc1ccc(/C=C\C2NC(C(=O)O)(C(C)C)C3C(=O)N(Cc4ccccc4)C(=O)C23)cc1. The normalized spacial score (nSPS) is 26.9. The van der Waals surface area contributed by atoms with Gasteiger partial charge in [0.2, 0.25) is 11.8 Å². The lowest BCUT2D eigenvalue weighted by molar-refractivity contribution is -0.153. The highest BCUT2D eigenvalue weighted by Crippen LogP contribution is 2.47. The number of nitrogens with one attached hydrogen (secondary N) is 1. The number of carbonyl (C=O) groups is 3. The van der Waals surface area contributed by atoms with E-state index in [0.29, 0.717) is 0 Å². The number of aliphatic carboxylic acids is 1. The summed E-state index contributed by atoms with van der Waals surface area (Å²) in [7, 11) is 1.59. The van der Waals surface area contributed by atoms with Crippen molar-refractivity contribution < 1.29 is 24.2 Å². The van der Waals surface area contributed by atoms with Gasteiger partial charge in [0.15, 0.2) is 0 Å². The molecule has 0 spiro atoms. The number of methoxy groups -OCH3 is 1. The molecule has 0 saturated carbocycles. The molecule has 0 radical (unpaired) electrons. The minimum atomic E-state index is -1.53. The first-order valence-electron chi connectivity index (χ1n) is 11.0. The molecule has 4 unspecified atom stereocenters. The van der Waals surface area contributed by atoms with Crippen molar-refractivity contribution in [2.45, 2.75) is 32.0 Å². The van der Waals surface area contributed by atoms with Crippen molar-refractivity contribution in [3.8, 4) is 5.75 Å². The molecule has 2 heterocycles. The standard InChI is InChI=1S/C26H28N2O5/c1-16(2)26(25(31)32)22-21(20(27-26)14-11-17-9-12-19(33-3)13-10-17)23(29)28(24(22)30)15-18-7-5-4-6-8-18/h4-14,16,20-22,27H,15H2,1-3H3,(H,31,32)/b14-11-. The molecule has 4 rings (SSSR count). The Morgan fingerprint density at radius 1 is 1.12 bits per heavy atom. The molecular formula is C26H28N2O5. The van der Waals surface area contributed by atoms with Gasteiger partial charge in [-0.05, 0) is 29.2 Å². The van der Waals surface area contributed by atoms with Crippen LogP contribution in [0.25, 0.3) is 6.08 Å². The molecule has 0 bridgehead atoms. The fraction of sp³-hybridized carbons (Fsp3) is 0.346. The Kier molecular flexibility index (Phi) is 6.08. The van der Waals surface area contributed by atoms with Gasteiger partial charge in [0, 0.05) is 6.04 Å². The molecular weight excluding hydrogens is 420 g/mol. The second-order valence-electron chi connectivity index (χ2n) is 8.88. The fourth-order valence-electron chi connectivity index (χ4n) is 5.03. The summed E-state index contributed by atoms with van der Waals surface area (Å²) in [5, 5.41) is 13.4. The molecule has 2 aromatic carbocycles. The summed E-state index contributed by atoms with van der Waals surface area (Å²) in [6.45, 7) is 3.67. The summed E-state index contributed by atoms with van der Waals surface area (Å²) in [6.07, 6.45) is 3.63. The van der Waals surface area contributed by atoms with Gasteiger partial charge in [0.05, 0.1) is 25.5 Å². The minimum Gasteiger partial charge on any atom is -0.497 e. The van der Waals surface area contributed by atoms with Crippen molar-refractivity contribution in [3.63, 3.8) is 0 Å². The number of nitrogens with zero attached hydrogens (tertiary/aromatic N) is 1. The van der Waals surface area contributed by atoms with Gasteiger partial charge in [-0.3, -0.25) is 24.6 Å². The van der Waals surface area contributed by atoms with Crippen LogP contribution in [0.4, 0.5) is 0 Å². The molecule has 0 aromatic heterocycles. The molecule has 33 heavy (non-hydrogen) atoms. The van der Waals surface area contributed by atoms with Crippen LogP contribution in [0.5, 0.6) is 5.75 Å². The van der Waals surface area contributed by atoms with Crippen LogP contribution in [0.3, 0.4) is 0 Å². The Bertz CT molecular complexity index is 1080. The van der Waals surface area contributed by atoms with Gasteiger partial charge in [-0.1, -0.05) is 68.5 Å². The zero-order valence-corrected chi connectivity index (χ0v) is 18.9. The van der Waals surface area contributed by atoms with Crippen LogP contribution in [-0.4, -0.2) is 46.5 Å². The molecule has 2 amide bonds. The topological polar surface area (TPSA) is 95.9 Å². The number of amides is 2. The van der Waals surface area contributed by atoms with Crippen LogP contribution in [0.2, 0.25) is 0 Å². The van der Waals surface area contributed by atoms with Crippen LogP contribution in [0.1, 0.15) is 25.0 Å². The average Bonchev–Trinajstić information content (AvgIpc) is 3.29. The van der Waals surface area contributed by atoms with E-state index in [4.69, 9.17) is 4.74 Å². The van der Waals surface area contributed by atoms with Crippen LogP contribution in [0.15, 0.2) is 60.7 Å². The smallest absolute Gasteiger partial charge is 0.325 e. The van der Waals surface area contributed by atoms with Crippen LogP contribution in [0, 0.1) is 17.8 Å². The number of carboxylic acid groups (broad SMARTS) is 1. The summed E-state index contributed by atoms with van der Waals surface area (Å²) < 4.78 is 5.18. The third-order valence-corrected chi connectivity index (χ3v) is 6.79. The van der Waals surface area contributed by atoms with E-state index < -0.39 is 41.2 Å². The molecule has 2 saturated heterocycles. The molecule has 4 atom stereocenters. The quantitative estimate of drug-likeness (QED) is 0.633. The molecule has 2 aliphatic heterocycles.